The summed E-state index contributed by atoms with van der Waals surface area (Å²) in [4.78, 5) is 17.7. The number of amides is 1. The number of benzene rings is 2. The molecule has 9 nitrogen and oxygen atoms in total. The first-order chi connectivity index (χ1) is 15.6. The highest BCUT2D eigenvalue weighted by atomic mass is 32.2. The molecule has 33 heavy (non-hydrogen) atoms. The van der Waals surface area contributed by atoms with E-state index in [0.717, 1.165) is 11.1 Å². The fourth-order valence-electron chi connectivity index (χ4n) is 3.18. The van der Waals surface area contributed by atoms with Crippen LogP contribution in [0.5, 0.6) is 5.75 Å². The first-order valence-corrected chi connectivity index (χ1v) is 12.3. The normalized spacial score (nSPS) is 11.3. The molecule has 0 saturated heterocycles. The summed E-state index contributed by atoms with van der Waals surface area (Å²) in [5.41, 5.74) is 10.4. The number of nitrogens with one attached hydrogen (secondary N) is 3. The van der Waals surface area contributed by atoms with Crippen molar-refractivity contribution in [1.29, 1.82) is 5.41 Å². The Morgan fingerprint density at radius 1 is 1.18 bits per heavy atom. The lowest BCUT2D eigenvalue weighted by atomic mass is 9.99. The molecule has 2 rings (SSSR count). The van der Waals surface area contributed by atoms with E-state index in [9.17, 15) is 18.3 Å². The van der Waals surface area contributed by atoms with Gasteiger partial charge in [0.15, 0.2) is 9.84 Å². The van der Waals surface area contributed by atoms with Gasteiger partial charge in [-0.05, 0) is 49.1 Å². The number of hydrogen-bond donors (Lipinski definition) is 5. The molecule has 0 aromatic heterocycles. The van der Waals surface area contributed by atoms with E-state index < -0.39 is 9.84 Å². The van der Waals surface area contributed by atoms with Crippen LogP contribution in [0.3, 0.4) is 0 Å². The monoisotopic (exact) mass is 476 g/mol. The first kappa shape index (κ1) is 26.3. The van der Waals surface area contributed by atoms with Gasteiger partial charge in [-0.3, -0.25) is 15.0 Å². The fraction of sp³-hybridized carbons (Fsp3) is 0.391. The maximum Gasteiger partial charge on any atom is 0.224 e. The van der Waals surface area contributed by atoms with Gasteiger partial charge in [-0.2, -0.15) is 0 Å². The quantitative estimate of drug-likeness (QED) is 0.127. The summed E-state index contributed by atoms with van der Waals surface area (Å²) in [6, 6.07) is 10.2. The average Bonchev–Trinajstić information content (AvgIpc) is 2.75. The van der Waals surface area contributed by atoms with Crippen LogP contribution in [-0.2, 0) is 32.3 Å². The van der Waals surface area contributed by atoms with E-state index in [-0.39, 0.29) is 54.1 Å². The zero-order valence-electron chi connectivity index (χ0n) is 19.0. The summed E-state index contributed by atoms with van der Waals surface area (Å²) < 4.78 is 25.3. The zero-order valence-corrected chi connectivity index (χ0v) is 19.8. The van der Waals surface area contributed by atoms with Crippen molar-refractivity contribution >= 4 is 21.6 Å². The lowest BCUT2D eigenvalue weighted by Crippen LogP contribution is -2.31. The third-order valence-electron chi connectivity index (χ3n) is 5.05. The number of rotatable bonds is 13. The van der Waals surface area contributed by atoms with E-state index in [1.54, 1.807) is 37.3 Å². The third kappa shape index (κ3) is 8.49. The van der Waals surface area contributed by atoms with Gasteiger partial charge in [0.25, 0.3) is 0 Å². The summed E-state index contributed by atoms with van der Waals surface area (Å²) in [6.07, 6.45) is 0.470. The van der Waals surface area contributed by atoms with E-state index >= 15 is 0 Å². The van der Waals surface area contributed by atoms with E-state index in [0.29, 0.717) is 24.1 Å². The topological polar surface area (TPSA) is 155 Å². The largest absolute Gasteiger partial charge is 0.507 e. The Balaban J connectivity index is 1.92. The second-order valence-electron chi connectivity index (χ2n) is 7.80. The van der Waals surface area contributed by atoms with Crippen molar-refractivity contribution in [1.82, 2.24) is 10.8 Å². The molecular weight excluding hydrogens is 444 g/mol. The smallest absolute Gasteiger partial charge is 0.224 e. The van der Waals surface area contributed by atoms with Crippen molar-refractivity contribution in [3.63, 3.8) is 0 Å². The van der Waals surface area contributed by atoms with Crippen molar-refractivity contribution in [2.24, 2.45) is 5.73 Å². The molecular formula is C23H32N4O5S. The Morgan fingerprint density at radius 2 is 1.94 bits per heavy atom. The predicted octanol–water partition coefficient (Wildman–Crippen LogP) is 1.53. The van der Waals surface area contributed by atoms with Crippen LogP contribution in [0, 0.1) is 19.3 Å². The summed E-state index contributed by atoms with van der Waals surface area (Å²) in [7, 11) is -3.50. The minimum atomic E-state index is -3.50. The van der Waals surface area contributed by atoms with Gasteiger partial charge in [-0.15, -0.1) is 0 Å². The molecule has 0 aliphatic heterocycles. The predicted molar refractivity (Wildman–Crippen MR) is 127 cm³/mol. The van der Waals surface area contributed by atoms with Crippen molar-refractivity contribution in [3.05, 3.63) is 58.7 Å². The molecule has 2 aromatic rings. The van der Waals surface area contributed by atoms with Crippen molar-refractivity contribution in [3.8, 4) is 5.75 Å². The molecule has 1 amide bonds. The average molecular weight is 477 g/mol. The number of nitrogens with two attached hydrogens (primary N) is 1. The highest BCUT2D eigenvalue weighted by Crippen LogP contribution is 2.28. The van der Waals surface area contributed by atoms with E-state index in [2.05, 4.69) is 10.8 Å². The van der Waals surface area contributed by atoms with E-state index in [4.69, 9.17) is 16.0 Å². The van der Waals surface area contributed by atoms with E-state index in [1.165, 1.54) is 0 Å². The van der Waals surface area contributed by atoms with Crippen LogP contribution in [0.15, 0.2) is 41.3 Å². The maximum atomic E-state index is 12.7. The highest BCUT2D eigenvalue weighted by Gasteiger charge is 2.18. The summed E-state index contributed by atoms with van der Waals surface area (Å²) in [5.74, 6) is -0.422. The molecule has 0 atom stereocenters. The van der Waals surface area contributed by atoms with Crippen LogP contribution in [-0.4, -0.2) is 50.7 Å². The number of carbonyl (C=O) groups excluding carboxylic acids is 1. The van der Waals surface area contributed by atoms with Gasteiger partial charge < -0.3 is 16.2 Å². The van der Waals surface area contributed by atoms with Gasteiger partial charge in [-0.1, -0.05) is 24.3 Å². The third-order valence-corrected chi connectivity index (χ3v) is 6.77. The zero-order chi connectivity index (χ0) is 24.4. The highest BCUT2D eigenvalue weighted by molar-refractivity contribution is 7.91. The number of aromatic hydroxyl groups is 1. The van der Waals surface area contributed by atoms with Gasteiger partial charge in [0.05, 0.1) is 29.5 Å². The number of sulfone groups is 1. The molecule has 0 aliphatic rings. The second-order valence-corrected chi connectivity index (χ2v) is 9.91. The van der Waals surface area contributed by atoms with Crippen LogP contribution in [0.1, 0.15) is 28.7 Å². The molecule has 2 aromatic carbocycles. The van der Waals surface area contributed by atoms with Gasteiger partial charge in [-0.25, -0.2) is 13.9 Å². The van der Waals surface area contributed by atoms with Gasteiger partial charge >= 0.3 is 0 Å². The molecule has 6 N–H and O–H groups in total. The molecule has 0 radical (unpaired) electrons. The Kier molecular flexibility index (Phi) is 9.83. The fourth-order valence-corrected chi connectivity index (χ4v) is 4.55. The van der Waals surface area contributed by atoms with Crippen LogP contribution in [0.25, 0.3) is 0 Å². The number of hydrogen-bond acceptors (Lipinski definition) is 7. The number of hydroxylamine groups is 1. The lowest BCUT2D eigenvalue weighted by molar-refractivity contribution is -0.120. The van der Waals surface area contributed by atoms with Crippen LogP contribution < -0.4 is 16.5 Å². The minimum absolute atomic E-state index is 0.0338. The second kappa shape index (κ2) is 12.3. The Bertz CT molecular complexity index is 1090. The minimum Gasteiger partial charge on any atom is -0.507 e. The Morgan fingerprint density at radius 3 is 2.64 bits per heavy atom. The molecule has 0 spiro atoms. The molecule has 0 aliphatic carbocycles. The molecule has 10 heteroatoms. The van der Waals surface area contributed by atoms with Gasteiger partial charge in [0.2, 0.25) is 5.91 Å². The van der Waals surface area contributed by atoms with Crippen molar-refractivity contribution in [2.45, 2.75) is 38.0 Å². The van der Waals surface area contributed by atoms with Crippen molar-refractivity contribution < 1.29 is 23.2 Å². The maximum absolute atomic E-state index is 12.7. The first-order valence-electron chi connectivity index (χ1n) is 10.6. The van der Waals surface area contributed by atoms with Crippen molar-refractivity contribution in [2.75, 3.05) is 25.4 Å². The summed E-state index contributed by atoms with van der Waals surface area (Å²) in [6.45, 7) is 4.52. The molecule has 180 valence electrons. The molecule has 0 fully saturated rings. The number of phenols is 1. The SMILES string of the molecule is Cc1cccc(S(=O)(=O)CCc2ccc(C)c(CC(=O)NCCONCCC(=N)N)c2O)c1. The van der Waals surface area contributed by atoms with Gasteiger partial charge in [0.1, 0.15) is 5.75 Å². The van der Waals surface area contributed by atoms with E-state index in [1.807, 2.05) is 13.0 Å². The Labute approximate surface area is 194 Å². The van der Waals surface area contributed by atoms with Crippen LogP contribution in [0.4, 0.5) is 0 Å². The van der Waals surface area contributed by atoms with Crippen LogP contribution >= 0.6 is 0 Å². The van der Waals surface area contributed by atoms with Crippen LogP contribution in [0.2, 0.25) is 0 Å². The standard InChI is InChI=1S/C23H32N4O5S/c1-16-4-3-5-19(14-16)33(30,31)13-9-18-7-6-17(2)20(23(18)29)15-22(28)26-11-12-32-27-10-8-21(24)25/h3-7,14,27,29H,8-13,15H2,1-2H3,(H3,24,25)(H,26,28). The molecule has 0 bridgehead atoms. The summed E-state index contributed by atoms with van der Waals surface area (Å²) >= 11 is 0. The lowest BCUT2D eigenvalue weighted by Gasteiger charge is -2.14. The molecule has 0 saturated carbocycles. The Hall–Kier alpha value is -2.95. The number of carbonyl (C=O) groups is 1. The number of aryl methyl sites for hydroxylation is 3. The summed E-state index contributed by atoms with van der Waals surface area (Å²) in [5, 5.41) is 20.5. The number of phenolic OH excluding ortho intramolecular Hbond substituents is 1. The van der Waals surface area contributed by atoms with Gasteiger partial charge in [0, 0.05) is 25.1 Å². The molecule has 0 heterocycles. The molecule has 0 unspecified atom stereocenters. The number of amidine groups is 1.